The number of imide groups is 1. The number of benzene rings is 2. The molecule has 0 saturated carbocycles. The molecule has 1 saturated heterocycles. The van der Waals surface area contributed by atoms with Gasteiger partial charge >= 0.3 is 6.03 Å². The third-order valence-electron chi connectivity index (χ3n) is 4.82. The highest BCUT2D eigenvalue weighted by Gasteiger charge is 2.35. The SMILES string of the molecule is O=C(CN1C(=O)N/C(=C/c2ccc(-c3cc([N+](=O)[O-])c(Cl)cc3Cl)o2)C1=O)Nc1ccccc1F. The molecule has 178 valence electrons. The number of furan rings is 1. The van der Waals surface area contributed by atoms with Gasteiger partial charge in [0.2, 0.25) is 5.91 Å². The molecule has 0 atom stereocenters. The van der Waals surface area contributed by atoms with E-state index in [1.807, 2.05) is 0 Å². The van der Waals surface area contributed by atoms with E-state index in [0.717, 1.165) is 12.1 Å². The van der Waals surface area contributed by atoms with Crippen LogP contribution in [0.1, 0.15) is 5.76 Å². The van der Waals surface area contributed by atoms with Gasteiger partial charge < -0.3 is 15.1 Å². The molecule has 1 aliphatic rings. The molecule has 0 spiro atoms. The number of nitro groups is 1. The second-order valence-corrected chi connectivity index (χ2v) is 7.96. The molecule has 1 aromatic heterocycles. The Morgan fingerprint density at radius 2 is 1.91 bits per heavy atom. The number of para-hydroxylation sites is 1. The predicted octanol–water partition coefficient (Wildman–Crippen LogP) is 4.83. The third kappa shape index (κ3) is 5.00. The van der Waals surface area contributed by atoms with E-state index in [1.165, 1.54) is 42.5 Å². The summed E-state index contributed by atoms with van der Waals surface area (Å²) in [6, 6.07) is 9.87. The van der Waals surface area contributed by atoms with Crippen molar-refractivity contribution in [1.82, 2.24) is 10.2 Å². The summed E-state index contributed by atoms with van der Waals surface area (Å²) in [5.74, 6) is -1.98. The first-order valence-electron chi connectivity index (χ1n) is 9.76. The lowest BCUT2D eigenvalue weighted by Crippen LogP contribution is -2.38. The lowest BCUT2D eigenvalue weighted by molar-refractivity contribution is -0.384. The van der Waals surface area contributed by atoms with Crippen LogP contribution in [0.25, 0.3) is 17.4 Å². The molecule has 2 aromatic carbocycles. The number of carbonyl (C=O) groups excluding carboxylic acids is 3. The van der Waals surface area contributed by atoms with Crippen LogP contribution in [0.15, 0.2) is 58.6 Å². The number of nitrogens with zero attached hydrogens (tertiary/aromatic N) is 2. The van der Waals surface area contributed by atoms with Crippen molar-refractivity contribution in [3.05, 3.63) is 86.0 Å². The maximum atomic E-state index is 13.7. The fourth-order valence-corrected chi connectivity index (χ4v) is 3.74. The Bertz CT molecular complexity index is 1420. The summed E-state index contributed by atoms with van der Waals surface area (Å²) in [6.45, 7) is -0.649. The quantitative estimate of drug-likeness (QED) is 0.207. The summed E-state index contributed by atoms with van der Waals surface area (Å²) in [6.07, 6.45) is 1.22. The van der Waals surface area contributed by atoms with E-state index < -0.39 is 35.1 Å². The van der Waals surface area contributed by atoms with E-state index in [4.69, 9.17) is 27.6 Å². The van der Waals surface area contributed by atoms with E-state index in [0.29, 0.717) is 4.90 Å². The summed E-state index contributed by atoms with van der Waals surface area (Å²) in [7, 11) is 0. The second-order valence-electron chi connectivity index (χ2n) is 7.15. The Balaban J connectivity index is 1.51. The van der Waals surface area contributed by atoms with Gasteiger partial charge in [0.15, 0.2) is 0 Å². The van der Waals surface area contributed by atoms with Gasteiger partial charge in [0.05, 0.1) is 15.6 Å². The molecule has 3 aromatic rings. The van der Waals surface area contributed by atoms with Gasteiger partial charge in [-0.05, 0) is 30.3 Å². The number of amides is 4. The summed E-state index contributed by atoms with van der Waals surface area (Å²) < 4.78 is 19.3. The van der Waals surface area contributed by atoms with Crippen LogP contribution in [0.5, 0.6) is 0 Å². The number of hydrogen-bond donors (Lipinski definition) is 2. The topological polar surface area (TPSA) is 135 Å². The number of halogens is 3. The van der Waals surface area contributed by atoms with Crippen molar-refractivity contribution in [2.75, 3.05) is 11.9 Å². The smallest absolute Gasteiger partial charge is 0.329 e. The van der Waals surface area contributed by atoms with Crippen molar-refractivity contribution in [3.8, 4) is 11.3 Å². The summed E-state index contributed by atoms with van der Waals surface area (Å²) in [4.78, 5) is 48.2. The summed E-state index contributed by atoms with van der Waals surface area (Å²) in [5.41, 5.74) is -0.446. The van der Waals surface area contributed by atoms with Gasteiger partial charge in [-0.3, -0.25) is 19.7 Å². The largest absolute Gasteiger partial charge is 0.457 e. The molecule has 2 N–H and O–H groups in total. The lowest BCUT2D eigenvalue weighted by atomic mass is 10.1. The van der Waals surface area contributed by atoms with Gasteiger partial charge in [0, 0.05) is 17.7 Å². The first kappa shape index (κ1) is 23.9. The monoisotopic (exact) mass is 518 g/mol. The molecule has 10 nitrogen and oxygen atoms in total. The van der Waals surface area contributed by atoms with Crippen LogP contribution in [-0.4, -0.2) is 34.2 Å². The molecule has 4 rings (SSSR count). The Morgan fingerprint density at radius 3 is 2.63 bits per heavy atom. The molecule has 0 aliphatic carbocycles. The number of hydrogen-bond acceptors (Lipinski definition) is 6. The second kappa shape index (κ2) is 9.57. The first-order valence-corrected chi connectivity index (χ1v) is 10.5. The van der Waals surface area contributed by atoms with Crippen molar-refractivity contribution >= 4 is 58.5 Å². The van der Waals surface area contributed by atoms with Gasteiger partial charge in [-0.15, -0.1) is 0 Å². The van der Waals surface area contributed by atoms with Gasteiger partial charge in [-0.1, -0.05) is 35.3 Å². The number of nitro benzene ring substituents is 1. The average molecular weight is 519 g/mol. The van der Waals surface area contributed by atoms with Crippen molar-refractivity contribution in [2.24, 2.45) is 0 Å². The van der Waals surface area contributed by atoms with Crippen molar-refractivity contribution in [1.29, 1.82) is 0 Å². The third-order valence-corrected chi connectivity index (χ3v) is 5.44. The van der Waals surface area contributed by atoms with Crippen molar-refractivity contribution in [3.63, 3.8) is 0 Å². The molecule has 1 fully saturated rings. The zero-order valence-corrected chi connectivity index (χ0v) is 18.9. The Hall–Kier alpha value is -4.22. The summed E-state index contributed by atoms with van der Waals surface area (Å²) >= 11 is 12.0. The maximum absolute atomic E-state index is 13.7. The highest BCUT2D eigenvalue weighted by atomic mass is 35.5. The molecular weight excluding hydrogens is 506 g/mol. The first-order chi connectivity index (χ1) is 16.6. The van der Waals surface area contributed by atoms with E-state index in [9.17, 15) is 28.9 Å². The number of urea groups is 1. The Labute approximate surface area is 206 Å². The number of nitrogens with one attached hydrogen (secondary N) is 2. The van der Waals surface area contributed by atoms with Crippen molar-refractivity contribution < 1.29 is 28.1 Å². The minimum atomic E-state index is -0.854. The zero-order chi connectivity index (χ0) is 25.3. The van der Waals surface area contributed by atoms with Crippen LogP contribution in [-0.2, 0) is 9.59 Å². The van der Waals surface area contributed by atoms with Crippen LogP contribution in [0.2, 0.25) is 10.0 Å². The Kier molecular flexibility index (Phi) is 6.54. The van der Waals surface area contributed by atoms with Crippen LogP contribution >= 0.6 is 23.2 Å². The molecule has 1 aliphatic heterocycles. The molecule has 0 radical (unpaired) electrons. The van der Waals surface area contributed by atoms with Gasteiger partial charge in [0.25, 0.3) is 11.6 Å². The van der Waals surface area contributed by atoms with Crippen LogP contribution in [0.4, 0.5) is 20.6 Å². The van der Waals surface area contributed by atoms with Crippen molar-refractivity contribution in [2.45, 2.75) is 0 Å². The van der Waals surface area contributed by atoms with Gasteiger partial charge in [-0.2, -0.15) is 0 Å². The van der Waals surface area contributed by atoms with Crippen LogP contribution < -0.4 is 10.6 Å². The Morgan fingerprint density at radius 1 is 1.17 bits per heavy atom. The van der Waals surface area contributed by atoms with E-state index >= 15 is 0 Å². The number of anilines is 1. The predicted molar refractivity (Wildman–Crippen MR) is 124 cm³/mol. The minimum Gasteiger partial charge on any atom is -0.457 e. The molecule has 0 bridgehead atoms. The lowest BCUT2D eigenvalue weighted by Gasteiger charge is -2.12. The maximum Gasteiger partial charge on any atom is 0.329 e. The fraction of sp³-hybridized carbons (Fsp3) is 0.0455. The van der Waals surface area contributed by atoms with Crippen LogP contribution in [0.3, 0.4) is 0 Å². The molecule has 35 heavy (non-hydrogen) atoms. The molecule has 2 heterocycles. The zero-order valence-electron chi connectivity index (χ0n) is 17.4. The molecular formula is C22H13Cl2FN4O6. The molecule has 13 heteroatoms. The van der Waals surface area contributed by atoms with E-state index in [1.54, 1.807) is 0 Å². The van der Waals surface area contributed by atoms with E-state index in [2.05, 4.69) is 10.6 Å². The highest BCUT2D eigenvalue weighted by molar-refractivity contribution is 6.37. The van der Waals surface area contributed by atoms with Gasteiger partial charge in [0.1, 0.15) is 34.6 Å². The number of rotatable bonds is 6. The van der Waals surface area contributed by atoms with E-state index in [-0.39, 0.29) is 44.2 Å². The number of carbonyl (C=O) groups is 3. The van der Waals surface area contributed by atoms with Gasteiger partial charge in [-0.25, -0.2) is 14.1 Å². The normalized spacial score (nSPS) is 14.4. The fourth-order valence-electron chi connectivity index (χ4n) is 3.19. The molecule has 0 unspecified atom stereocenters. The minimum absolute atomic E-state index is 0.0930. The van der Waals surface area contributed by atoms with Crippen LogP contribution in [0, 0.1) is 15.9 Å². The standard InChI is InChI=1S/C22H13Cl2FN4O6/c23-13-9-14(24)18(29(33)34)8-12(13)19-6-5-11(35-19)7-17-21(31)28(22(32)27-17)10-20(30)26-16-4-2-1-3-15(16)25/h1-9H,10H2,(H,26,30)(H,27,32)/b17-7+. The molecule has 4 amide bonds. The highest BCUT2D eigenvalue weighted by Crippen LogP contribution is 2.37. The summed E-state index contributed by atoms with van der Waals surface area (Å²) in [5, 5.41) is 15.7. The average Bonchev–Trinajstić information content (AvgIpc) is 3.35.